The fourth-order valence-corrected chi connectivity index (χ4v) is 4.58. The number of hydrogen-bond acceptors (Lipinski definition) is 8. The monoisotopic (exact) mass is 487 g/mol. The van der Waals surface area contributed by atoms with E-state index in [1.807, 2.05) is 24.3 Å². The Bertz CT molecular complexity index is 1140. The number of benzene rings is 2. The van der Waals surface area contributed by atoms with E-state index >= 15 is 0 Å². The van der Waals surface area contributed by atoms with Gasteiger partial charge in [-0.05, 0) is 36.8 Å². The van der Waals surface area contributed by atoms with Crippen molar-refractivity contribution < 1.29 is 23.8 Å². The molecule has 0 spiro atoms. The first kappa shape index (κ1) is 23.0. The van der Waals surface area contributed by atoms with Crippen molar-refractivity contribution >= 4 is 40.7 Å². The van der Waals surface area contributed by atoms with E-state index in [0.717, 1.165) is 17.1 Å². The summed E-state index contributed by atoms with van der Waals surface area (Å²) >= 11 is 7.07. The molecule has 1 amide bonds. The Kier molecular flexibility index (Phi) is 7.10. The van der Waals surface area contributed by atoms with E-state index in [1.54, 1.807) is 43.4 Å². The number of nitrogens with zero attached hydrogens (tertiary/aromatic N) is 3. The fraction of sp³-hybridized carbons (Fsp3) is 0.304. The Hall–Kier alpha value is -3.17. The Morgan fingerprint density at radius 1 is 1.15 bits per heavy atom. The zero-order valence-electron chi connectivity index (χ0n) is 18.1. The number of carbonyl (C=O) groups is 2. The van der Waals surface area contributed by atoms with E-state index in [0.29, 0.717) is 33.6 Å². The molecule has 2 heterocycles. The first-order valence-corrected chi connectivity index (χ1v) is 11.4. The highest BCUT2D eigenvalue weighted by atomic mass is 35.5. The molecule has 1 aliphatic heterocycles. The molecule has 0 bridgehead atoms. The second-order valence-corrected chi connectivity index (χ2v) is 8.75. The third kappa shape index (κ3) is 4.79. The molecule has 0 aliphatic carbocycles. The van der Waals surface area contributed by atoms with E-state index < -0.39 is 17.9 Å². The lowest BCUT2D eigenvalue weighted by Gasteiger charge is -2.40. The van der Waals surface area contributed by atoms with Gasteiger partial charge in [-0.25, -0.2) is 0 Å². The Balaban J connectivity index is 1.71. The predicted octanol–water partition coefficient (Wildman–Crippen LogP) is 4.44. The zero-order chi connectivity index (χ0) is 23.4. The van der Waals surface area contributed by atoms with Gasteiger partial charge in [-0.1, -0.05) is 34.3 Å². The number of aromatic nitrogens is 2. The number of carbonyl (C=O) groups excluding carboxylic acids is 2. The number of rotatable bonds is 7. The summed E-state index contributed by atoms with van der Waals surface area (Å²) in [5.41, 5.74) is 1.78. The summed E-state index contributed by atoms with van der Waals surface area (Å²) in [6.45, 7) is -0.0835. The molecule has 2 unspecified atom stereocenters. The summed E-state index contributed by atoms with van der Waals surface area (Å²) in [6, 6.07) is 13.9. The van der Waals surface area contributed by atoms with Gasteiger partial charge in [0.05, 0.1) is 26.2 Å². The van der Waals surface area contributed by atoms with Crippen molar-refractivity contribution in [3.63, 3.8) is 0 Å². The van der Waals surface area contributed by atoms with Crippen LogP contribution in [0, 0.1) is 5.92 Å². The number of ether oxygens (including phenoxy) is 3. The molecule has 1 aromatic heterocycles. The maximum absolute atomic E-state index is 13.3. The lowest BCUT2D eigenvalue weighted by atomic mass is 9.83. The average molecular weight is 488 g/mol. The van der Waals surface area contributed by atoms with Crippen LogP contribution >= 0.6 is 23.1 Å². The summed E-state index contributed by atoms with van der Waals surface area (Å²) in [5, 5.41) is 3.89. The highest BCUT2D eigenvalue weighted by Crippen LogP contribution is 2.43. The van der Waals surface area contributed by atoms with Crippen molar-refractivity contribution in [2.75, 3.05) is 19.1 Å². The van der Waals surface area contributed by atoms with Crippen LogP contribution in [-0.4, -0.2) is 35.7 Å². The highest BCUT2D eigenvalue weighted by Gasteiger charge is 2.43. The number of hydrogen-bond donors (Lipinski definition) is 0. The fourth-order valence-electron chi connectivity index (χ4n) is 3.98. The number of para-hydroxylation sites is 1. The minimum Gasteiger partial charge on any atom is -0.497 e. The molecule has 2 atom stereocenters. The maximum atomic E-state index is 13.3. The van der Waals surface area contributed by atoms with Crippen molar-refractivity contribution in [2.45, 2.75) is 25.5 Å². The molecule has 0 saturated carbocycles. The molecule has 0 N–H and O–H groups in total. The minimum atomic E-state index is -0.619. The standard InChI is InChI=1S/C23H22ClN3O5S/c1-30-15-9-7-14(8-10-15)27-20(28)12-11-17(21(27)16-5-3-4-6-19(16)31-2)23(29)32-13-18-22(24)33-26-25-18/h3-10,17,21H,11-13H2,1-2H3. The van der Waals surface area contributed by atoms with Gasteiger partial charge in [0, 0.05) is 29.2 Å². The first-order chi connectivity index (χ1) is 16.0. The molecule has 1 aliphatic rings. The summed E-state index contributed by atoms with van der Waals surface area (Å²) in [4.78, 5) is 28.1. The van der Waals surface area contributed by atoms with E-state index in [9.17, 15) is 9.59 Å². The number of methoxy groups -OCH3 is 2. The molecule has 1 fully saturated rings. The second kappa shape index (κ2) is 10.2. The molecule has 0 radical (unpaired) electrons. The highest BCUT2D eigenvalue weighted by molar-refractivity contribution is 7.10. The Morgan fingerprint density at radius 3 is 2.58 bits per heavy atom. The van der Waals surface area contributed by atoms with E-state index in [-0.39, 0.29) is 18.9 Å². The summed E-state index contributed by atoms with van der Waals surface area (Å²) in [7, 11) is 3.14. The topological polar surface area (TPSA) is 90.9 Å². The molecule has 3 aromatic rings. The third-order valence-corrected chi connectivity index (χ3v) is 6.55. The lowest BCUT2D eigenvalue weighted by molar-refractivity contribution is -0.152. The summed E-state index contributed by atoms with van der Waals surface area (Å²) < 4.78 is 20.5. The molecule has 4 rings (SSSR count). The van der Waals surface area contributed by atoms with Gasteiger partial charge in [-0.2, -0.15) is 0 Å². The van der Waals surface area contributed by atoms with Gasteiger partial charge in [-0.15, -0.1) is 5.10 Å². The van der Waals surface area contributed by atoms with E-state index in [1.165, 1.54) is 0 Å². The van der Waals surface area contributed by atoms with Crippen LogP contribution in [0.15, 0.2) is 48.5 Å². The predicted molar refractivity (Wildman–Crippen MR) is 124 cm³/mol. The van der Waals surface area contributed by atoms with Crippen molar-refractivity contribution in [3.8, 4) is 11.5 Å². The molecule has 1 saturated heterocycles. The summed E-state index contributed by atoms with van der Waals surface area (Å²) in [5.74, 6) is 0.0985. The van der Waals surface area contributed by atoms with Crippen LogP contribution in [-0.2, 0) is 20.9 Å². The van der Waals surface area contributed by atoms with Gasteiger partial charge in [0.25, 0.3) is 0 Å². The molecule has 8 nitrogen and oxygen atoms in total. The van der Waals surface area contributed by atoms with Crippen LogP contribution in [0.1, 0.15) is 30.1 Å². The largest absolute Gasteiger partial charge is 0.497 e. The number of esters is 1. The number of anilines is 1. The maximum Gasteiger partial charge on any atom is 0.311 e. The number of halogens is 1. The molecule has 2 aromatic carbocycles. The zero-order valence-corrected chi connectivity index (χ0v) is 19.6. The van der Waals surface area contributed by atoms with Crippen LogP contribution < -0.4 is 14.4 Å². The normalized spacial score (nSPS) is 18.2. The summed E-state index contributed by atoms with van der Waals surface area (Å²) in [6.07, 6.45) is 0.548. The molecule has 33 heavy (non-hydrogen) atoms. The van der Waals surface area contributed by atoms with Crippen LogP contribution in [0.25, 0.3) is 0 Å². The van der Waals surface area contributed by atoms with Crippen LogP contribution in [0.2, 0.25) is 4.34 Å². The first-order valence-electron chi connectivity index (χ1n) is 10.3. The van der Waals surface area contributed by atoms with Crippen LogP contribution in [0.4, 0.5) is 5.69 Å². The van der Waals surface area contributed by atoms with Gasteiger partial charge < -0.3 is 19.1 Å². The second-order valence-electron chi connectivity index (χ2n) is 7.39. The Morgan fingerprint density at radius 2 is 1.91 bits per heavy atom. The SMILES string of the molecule is COc1ccc(N2C(=O)CCC(C(=O)OCc3nnsc3Cl)C2c2ccccc2OC)cc1. The van der Waals surface area contributed by atoms with Crippen LogP contribution in [0.5, 0.6) is 11.5 Å². The molecular formula is C23H22ClN3O5S. The van der Waals surface area contributed by atoms with Gasteiger partial charge >= 0.3 is 5.97 Å². The molecular weight excluding hydrogens is 466 g/mol. The Labute approximate surface area is 200 Å². The van der Waals surface area contributed by atoms with Gasteiger partial charge in [0.15, 0.2) is 0 Å². The van der Waals surface area contributed by atoms with Crippen molar-refractivity contribution in [2.24, 2.45) is 5.92 Å². The van der Waals surface area contributed by atoms with Crippen molar-refractivity contribution in [1.82, 2.24) is 9.59 Å². The number of piperidine rings is 1. The van der Waals surface area contributed by atoms with Gasteiger partial charge in [0.2, 0.25) is 5.91 Å². The molecule has 10 heteroatoms. The van der Waals surface area contributed by atoms with Crippen molar-refractivity contribution in [3.05, 3.63) is 64.1 Å². The minimum absolute atomic E-state index is 0.0835. The van der Waals surface area contributed by atoms with Crippen molar-refractivity contribution in [1.29, 1.82) is 0 Å². The molecule has 172 valence electrons. The quantitative estimate of drug-likeness (QED) is 0.455. The average Bonchev–Trinajstić information content (AvgIpc) is 3.26. The van der Waals surface area contributed by atoms with E-state index in [4.69, 9.17) is 25.8 Å². The van der Waals surface area contributed by atoms with Crippen LogP contribution in [0.3, 0.4) is 0 Å². The number of amides is 1. The third-order valence-electron chi connectivity index (χ3n) is 5.57. The van der Waals surface area contributed by atoms with E-state index in [2.05, 4.69) is 9.59 Å². The smallest absolute Gasteiger partial charge is 0.311 e. The van der Waals surface area contributed by atoms with Gasteiger partial charge in [-0.3, -0.25) is 9.59 Å². The van der Waals surface area contributed by atoms with Gasteiger partial charge in [0.1, 0.15) is 28.1 Å². The lowest BCUT2D eigenvalue weighted by Crippen LogP contribution is -2.46.